The van der Waals surface area contributed by atoms with E-state index in [4.69, 9.17) is 11.6 Å². The normalized spacial score (nSPS) is 23.5. The third-order valence-electron chi connectivity index (χ3n) is 4.50. The first kappa shape index (κ1) is 14.8. The van der Waals surface area contributed by atoms with Gasteiger partial charge in [-0.2, -0.15) is 0 Å². The first-order valence-electron chi connectivity index (χ1n) is 7.63. The zero-order valence-electron chi connectivity index (χ0n) is 12.0. The molecule has 2 aliphatic rings. The molecule has 0 bridgehead atoms. The summed E-state index contributed by atoms with van der Waals surface area (Å²) in [6, 6.07) is 4.69. The number of halogens is 2. The molecule has 0 radical (unpaired) electrons. The van der Waals surface area contributed by atoms with E-state index in [0.717, 1.165) is 25.9 Å². The van der Waals surface area contributed by atoms with Gasteiger partial charge in [0.05, 0.1) is 5.56 Å². The quantitative estimate of drug-likeness (QED) is 0.837. The highest BCUT2D eigenvalue weighted by Crippen LogP contribution is 2.23. The molecule has 3 rings (SSSR count). The summed E-state index contributed by atoms with van der Waals surface area (Å²) in [7, 11) is 0. The molecule has 1 unspecified atom stereocenters. The number of hydrogen-bond donors (Lipinski definition) is 0. The van der Waals surface area contributed by atoms with Gasteiger partial charge >= 0.3 is 0 Å². The van der Waals surface area contributed by atoms with Crippen molar-refractivity contribution < 1.29 is 9.18 Å². The van der Waals surface area contributed by atoms with Crippen LogP contribution in [0.25, 0.3) is 0 Å². The molecule has 0 saturated carbocycles. The average Bonchev–Trinajstić information content (AvgIpc) is 3.01. The summed E-state index contributed by atoms with van der Waals surface area (Å²) < 4.78 is 13.9. The van der Waals surface area contributed by atoms with Crippen LogP contribution in [-0.2, 0) is 0 Å². The van der Waals surface area contributed by atoms with Crippen LogP contribution in [0.1, 0.15) is 36.0 Å². The van der Waals surface area contributed by atoms with Crippen LogP contribution in [-0.4, -0.2) is 47.9 Å². The molecule has 1 aromatic rings. The summed E-state index contributed by atoms with van der Waals surface area (Å²) in [4.78, 5) is 16.8. The van der Waals surface area contributed by atoms with Gasteiger partial charge in [0, 0.05) is 24.2 Å². The van der Waals surface area contributed by atoms with Crippen molar-refractivity contribution in [2.75, 3.05) is 26.2 Å². The maximum atomic E-state index is 13.9. The standard InChI is InChI=1S/C16H20ClFN2O/c17-12-5-6-14(15(18)10-12)16(21)20-9-3-4-13(11-20)19-7-1-2-8-19/h5-6,10,13H,1-4,7-9,11H2. The monoisotopic (exact) mass is 310 g/mol. The summed E-state index contributed by atoms with van der Waals surface area (Å²) in [6.07, 6.45) is 4.61. The van der Waals surface area contributed by atoms with Crippen LogP contribution in [0, 0.1) is 5.82 Å². The minimum absolute atomic E-state index is 0.126. The van der Waals surface area contributed by atoms with Crippen LogP contribution in [0.15, 0.2) is 18.2 Å². The maximum Gasteiger partial charge on any atom is 0.256 e. The molecular weight excluding hydrogens is 291 g/mol. The Balaban J connectivity index is 1.71. The summed E-state index contributed by atoms with van der Waals surface area (Å²) in [5.41, 5.74) is 0.126. The second-order valence-electron chi connectivity index (χ2n) is 5.91. The number of carbonyl (C=O) groups excluding carboxylic acids is 1. The van der Waals surface area contributed by atoms with E-state index in [9.17, 15) is 9.18 Å². The van der Waals surface area contributed by atoms with Gasteiger partial charge in [-0.25, -0.2) is 4.39 Å². The second kappa shape index (κ2) is 6.32. The van der Waals surface area contributed by atoms with E-state index in [1.54, 1.807) is 11.0 Å². The molecule has 0 aromatic heterocycles. The number of piperidine rings is 1. The van der Waals surface area contributed by atoms with E-state index in [1.165, 1.54) is 25.0 Å². The number of rotatable bonds is 2. The van der Waals surface area contributed by atoms with Gasteiger partial charge in [0.25, 0.3) is 5.91 Å². The van der Waals surface area contributed by atoms with Gasteiger partial charge in [-0.1, -0.05) is 11.6 Å². The highest BCUT2D eigenvalue weighted by molar-refractivity contribution is 6.30. The van der Waals surface area contributed by atoms with E-state index >= 15 is 0 Å². The summed E-state index contributed by atoms with van der Waals surface area (Å²) in [5, 5.41) is 0.317. The van der Waals surface area contributed by atoms with Crippen molar-refractivity contribution in [3.8, 4) is 0 Å². The topological polar surface area (TPSA) is 23.6 Å². The molecule has 5 heteroatoms. The molecule has 0 spiro atoms. The fraction of sp³-hybridized carbons (Fsp3) is 0.562. The highest BCUT2D eigenvalue weighted by atomic mass is 35.5. The molecule has 2 aliphatic heterocycles. The lowest BCUT2D eigenvalue weighted by molar-refractivity contribution is 0.0603. The number of benzene rings is 1. The first-order chi connectivity index (χ1) is 10.1. The third-order valence-corrected chi connectivity index (χ3v) is 4.74. The molecular formula is C16H20ClFN2O. The number of hydrogen-bond acceptors (Lipinski definition) is 2. The fourth-order valence-corrected chi connectivity index (χ4v) is 3.54. The van der Waals surface area contributed by atoms with Gasteiger partial charge < -0.3 is 4.90 Å². The Bertz CT molecular complexity index is 531. The van der Waals surface area contributed by atoms with Gasteiger partial charge in [0.15, 0.2) is 0 Å². The van der Waals surface area contributed by atoms with Gasteiger partial charge in [0.2, 0.25) is 0 Å². The van der Waals surface area contributed by atoms with Crippen molar-refractivity contribution in [1.82, 2.24) is 9.80 Å². The van der Waals surface area contributed by atoms with Crippen LogP contribution < -0.4 is 0 Å². The van der Waals surface area contributed by atoms with Crippen LogP contribution in [0.2, 0.25) is 5.02 Å². The van der Waals surface area contributed by atoms with Crippen LogP contribution in [0.4, 0.5) is 4.39 Å². The van der Waals surface area contributed by atoms with Crippen LogP contribution in [0.3, 0.4) is 0 Å². The maximum absolute atomic E-state index is 13.9. The Labute approximate surface area is 129 Å². The molecule has 114 valence electrons. The fourth-order valence-electron chi connectivity index (χ4n) is 3.38. The third kappa shape index (κ3) is 3.22. The molecule has 0 N–H and O–H groups in total. The summed E-state index contributed by atoms with van der Waals surface area (Å²) >= 11 is 5.75. The van der Waals surface area contributed by atoms with E-state index < -0.39 is 5.82 Å². The largest absolute Gasteiger partial charge is 0.337 e. The molecule has 1 atom stereocenters. The van der Waals surface area contributed by atoms with Gasteiger partial charge in [0.1, 0.15) is 5.82 Å². The highest BCUT2D eigenvalue weighted by Gasteiger charge is 2.30. The van der Waals surface area contributed by atoms with E-state index in [1.807, 2.05) is 0 Å². The van der Waals surface area contributed by atoms with Crippen LogP contribution in [0.5, 0.6) is 0 Å². The molecule has 3 nitrogen and oxygen atoms in total. The van der Waals surface area contributed by atoms with Crippen molar-refractivity contribution in [2.45, 2.75) is 31.7 Å². The minimum Gasteiger partial charge on any atom is -0.337 e. The lowest BCUT2D eigenvalue weighted by Gasteiger charge is -2.37. The Hall–Kier alpha value is -1.13. The number of likely N-dealkylation sites (tertiary alicyclic amines) is 2. The van der Waals surface area contributed by atoms with Gasteiger partial charge in [-0.05, 0) is 57.0 Å². The van der Waals surface area contributed by atoms with Crippen molar-refractivity contribution in [1.29, 1.82) is 0 Å². The predicted molar refractivity (Wildman–Crippen MR) is 81.1 cm³/mol. The Kier molecular flexibility index (Phi) is 4.45. The minimum atomic E-state index is -0.532. The number of amides is 1. The van der Waals surface area contributed by atoms with Crippen molar-refractivity contribution >= 4 is 17.5 Å². The molecule has 2 heterocycles. The van der Waals surface area contributed by atoms with Crippen molar-refractivity contribution in [2.24, 2.45) is 0 Å². The smallest absolute Gasteiger partial charge is 0.256 e. The summed E-state index contributed by atoms with van der Waals surface area (Å²) in [6.45, 7) is 3.68. The van der Waals surface area contributed by atoms with Crippen LogP contribution >= 0.6 is 11.6 Å². The zero-order chi connectivity index (χ0) is 14.8. The SMILES string of the molecule is O=C(c1ccc(Cl)cc1F)N1CCCC(N2CCCC2)C1. The molecule has 2 fully saturated rings. The molecule has 1 amide bonds. The van der Waals surface area contributed by atoms with E-state index in [-0.39, 0.29) is 11.5 Å². The Morgan fingerprint density at radius 3 is 2.67 bits per heavy atom. The number of carbonyl (C=O) groups is 1. The van der Waals surface area contributed by atoms with E-state index in [2.05, 4.69) is 4.90 Å². The first-order valence-corrected chi connectivity index (χ1v) is 8.01. The molecule has 1 aromatic carbocycles. The molecule has 0 aliphatic carbocycles. The molecule has 21 heavy (non-hydrogen) atoms. The Morgan fingerprint density at radius 2 is 1.95 bits per heavy atom. The van der Waals surface area contributed by atoms with Crippen molar-refractivity contribution in [3.63, 3.8) is 0 Å². The number of nitrogens with zero attached hydrogens (tertiary/aromatic N) is 2. The average molecular weight is 311 g/mol. The zero-order valence-corrected chi connectivity index (χ0v) is 12.8. The lowest BCUT2D eigenvalue weighted by Crippen LogP contribution is -2.49. The second-order valence-corrected chi connectivity index (χ2v) is 6.35. The summed E-state index contributed by atoms with van der Waals surface area (Å²) in [5.74, 6) is -0.746. The Morgan fingerprint density at radius 1 is 1.19 bits per heavy atom. The lowest BCUT2D eigenvalue weighted by atomic mass is 10.0. The van der Waals surface area contributed by atoms with Gasteiger partial charge in [-0.3, -0.25) is 9.69 Å². The van der Waals surface area contributed by atoms with Crippen molar-refractivity contribution in [3.05, 3.63) is 34.6 Å². The van der Waals surface area contributed by atoms with Gasteiger partial charge in [-0.15, -0.1) is 0 Å². The molecule has 2 saturated heterocycles. The van der Waals surface area contributed by atoms with E-state index in [0.29, 0.717) is 24.2 Å². The predicted octanol–water partition coefficient (Wildman–Crippen LogP) is 3.18.